The van der Waals surface area contributed by atoms with Crippen LogP contribution in [0.3, 0.4) is 0 Å². The van der Waals surface area contributed by atoms with Gasteiger partial charge in [-0.15, -0.1) is 0 Å². The van der Waals surface area contributed by atoms with Crippen molar-refractivity contribution in [2.75, 3.05) is 0 Å². The Hall–Kier alpha value is -1.43. The lowest BCUT2D eigenvalue weighted by Crippen LogP contribution is -2.39. The zero-order chi connectivity index (χ0) is 14.8. The van der Waals surface area contributed by atoms with Crippen molar-refractivity contribution in [3.63, 3.8) is 0 Å². The van der Waals surface area contributed by atoms with E-state index in [4.69, 9.17) is 23.2 Å². The van der Waals surface area contributed by atoms with Gasteiger partial charge in [0.15, 0.2) is 0 Å². The molecule has 1 heterocycles. The van der Waals surface area contributed by atoms with Gasteiger partial charge in [-0.1, -0.05) is 36.2 Å². The lowest BCUT2D eigenvalue weighted by molar-refractivity contribution is -0.121. The van der Waals surface area contributed by atoms with Crippen LogP contribution in [-0.4, -0.2) is 26.2 Å². The van der Waals surface area contributed by atoms with Gasteiger partial charge in [-0.05, 0) is 12.1 Å². The fraction of sp³-hybridized carbons (Fsp3) is 0.308. The molecule has 0 radical (unpaired) electrons. The first kappa shape index (κ1) is 15.0. The van der Waals surface area contributed by atoms with E-state index >= 15 is 0 Å². The van der Waals surface area contributed by atoms with E-state index in [-0.39, 0.29) is 6.54 Å². The number of carbonyl (C=O) groups excluding carboxylic acids is 1. The third kappa shape index (κ3) is 2.85. The Balaban J connectivity index is 2.48. The van der Waals surface area contributed by atoms with Crippen LogP contribution in [0.1, 0.15) is 12.5 Å². The second kappa shape index (κ2) is 5.91. The van der Waals surface area contributed by atoms with Crippen molar-refractivity contribution in [3.05, 3.63) is 46.5 Å². The van der Waals surface area contributed by atoms with Crippen LogP contribution in [0.15, 0.2) is 30.9 Å². The molecule has 1 N–H and O–H groups in total. The van der Waals surface area contributed by atoms with Gasteiger partial charge in [0.05, 0.1) is 6.54 Å². The van der Waals surface area contributed by atoms with Crippen LogP contribution in [0.4, 0.5) is 0 Å². The number of nitrogens with zero attached hydrogens (tertiary/aromatic N) is 3. The Morgan fingerprint density at radius 3 is 2.80 bits per heavy atom. The molecule has 2 atom stereocenters. The third-order valence-electron chi connectivity index (χ3n) is 3.22. The normalized spacial score (nSPS) is 15.6. The molecule has 0 bridgehead atoms. The number of aliphatic hydroxyl groups is 1. The Morgan fingerprint density at radius 1 is 1.50 bits per heavy atom. The number of hydrogen-bond acceptors (Lipinski definition) is 4. The topological polar surface area (TPSA) is 68.0 Å². The fourth-order valence-electron chi connectivity index (χ4n) is 1.99. The van der Waals surface area contributed by atoms with Gasteiger partial charge in [-0.3, -0.25) is 0 Å². The number of rotatable bonds is 5. The smallest absolute Gasteiger partial charge is 0.137 e. The van der Waals surface area contributed by atoms with E-state index in [1.54, 1.807) is 19.1 Å². The van der Waals surface area contributed by atoms with Gasteiger partial charge >= 0.3 is 0 Å². The summed E-state index contributed by atoms with van der Waals surface area (Å²) in [4.78, 5) is 15.0. The van der Waals surface area contributed by atoms with Gasteiger partial charge in [0.2, 0.25) is 0 Å². The molecule has 0 aliphatic carbocycles. The van der Waals surface area contributed by atoms with Crippen LogP contribution in [0, 0.1) is 5.92 Å². The van der Waals surface area contributed by atoms with Crippen LogP contribution in [0.25, 0.3) is 0 Å². The Morgan fingerprint density at radius 2 is 2.25 bits per heavy atom. The highest BCUT2D eigenvalue weighted by Crippen LogP contribution is 2.36. The number of aldehydes is 1. The lowest BCUT2D eigenvalue weighted by Gasteiger charge is -2.32. The standard InChI is InChI=1S/C13H13Cl2N3O2/c1-9(5-19)13(20,6-18-8-16-7-17-18)11-3-2-10(14)4-12(11)15/h2-5,7-9,20H,6H2,1H3/t9-,13-/m0/s1. The Labute approximate surface area is 126 Å². The molecule has 1 aromatic carbocycles. The summed E-state index contributed by atoms with van der Waals surface area (Å²) < 4.78 is 1.45. The summed E-state index contributed by atoms with van der Waals surface area (Å²) in [6, 6.07) is 4.76. The molecule has 0 unspecified atom stereocenters. The van der Waals surface area contributed by atoms with Gasteiger partial charge < -0.3 is 9.90 Å². The lowest BCUT2D eigenvalue weighted by atomic mass is 9.83. The number of aromatic nitrogens is 3. The van der Waals surface area contributed by atoms with Crippen molar-refractivity contribution in [1.29, 1.82) is 0 Å². The van der Waals surface area contributed by atoms with E-state index < -0.39 is 11.5 Å². The van der Waals surface area contributed by atoms with Crippen LogP contribution in [0.2, 0.25) is 10.0 Å². The van der Waals surface area contributed by atoms with Gasteiger partial charge in [0, 0.05) is 21.5 Å². The highest BCUT2D eigenvalue weighted by Gasteiger charge is 2.38. The summed E-state index contributed by atoms with van der Waals surface area (Å²) in [7, 11) is 0. The summed E-state index contributed by atoms with van der Waals surface area (Å²) in [6.45, 7) is 1.68. The van der Waals surface area contributed by atoms with Crippen molar-refractivity contribution in [2.24, 2.45) is 5.92 Å². The predicted octanol–water partition coefficient (Wildman–Crippen LogP) is 2.31. The molecule has 0 aliphatic heterocycles. The summed E-state index contributed by atoms with van der Waals surface area (Å²) in [6.07, 6.45) is 3.50. The minimum absolute atomic E-state index is 0.0637. The van der Waals surface area contributed by atoms with Crippen LogP contribution >= 0.6 is 23.2 Å². The minimum atomic E-state index is -1.49. The summed E-state index contributed by atoms with van der Waals surface area (Å²) in [5.41, 5.74) is -1.06. The highest BCUT2D eigenvalue weighted by molar-refractivity contribution is 6.35. The highest BCUT2D eigenvalue weighted by atomic mass is 35.5. The number of halogens is 2. The Bertz CT molecular complexity index is 604. The first-order chi connectivity index (χ1) is 9.47. The Kier molecular flexibility index (Phi) is 4.42. The van der Waals surface area contributed by atoms with E-state index in [0.29, 0.717) is 21.9 Å². The number of hydrogen-bond donors (Lipinski definition) is 1. The molecule has 0 aliphatic rings. The van der Waals surface area contributed by atoms with Crippen molar-refractivity contribution < 1.29 is 9.90 Å². The van der Waals surface area contributed by atoms with E-state index in [1.165, 1.54) is 23.4 Å². The van der Waals surface area contributed by atoms with E-state index in [2.05, 4.69) is 10.1 Å². The predicted molar refractivity (Wildman–Crippen MR) is 75.6 cm³/mol. The number of benzene rings is 1. The van der Waals surface area contributed by atoms with E-state index in [0.717, 1.165) is 0 Å². The molecule has 0 saturated heterocycles. The first-order valence-corrected chi connectivity index (χ1v) is 6.68. The van der Waals surface area contributed by atoms with Crippen LogP contribution < -0.4 is 0 Å². The van der Waals surface area contributed by atoms with Crippen molar-refractivity contribution >= 4 is 29.5 Å². The van der Waals surface area contributed by atoms with Crippen LogP contribution in [-0.2, 0) is 16.9 Å². The molecule has 0 amide bonds. The largest absolute Gasteiger partial charge is 0.382 e. The zero-order valence-electron chi connectivity index (χ0n) is 10.7. The average Bonchev–Trinajstić information content (AvgIpc) is 2.90. The van der Waals surface area contributed by atoms with Crippen LogP contribution in [0.5, 0.6) is 0 Å². The number of carbonyl (C=O) groups is 1. The SMILES string of the molecule is C[C@@H](C=O)[C@@](O)(Cn1cncn1)c1ccc(Cl)cc1Cl. The maximum absolute atomic E-state index is 11.2. The van der Waals surface area contributed by atoms with Gasteiger partial charge in [0.1, 0.15) is 24.5 Å². The second-order valence-corrected chi connectivity index (χ2v) is 5.41. The molecule has 106 valence electrons. The van der Waals surface area contributed by atoms with E-state index in [1.807, 2.05) is 0 Å². The second-order valence-electron chi connectivity index (χ2n) is 4.57. The van der Waals surface area contributed by atoms with Gasteiger partial charge in [-0.25, -0.2) is 9.67 Å². The van der Waals surface area contributed by atoms with Crippen molar-refractivity contribution in [1.82, 2.24) is 14.8 Å². The molecule has 2 rings (SSSR count). The monoisotopic (exact) mass is 313 g/mol. The summed E-state index contributed by atoms with van der Waals surface area (Å²) in [5.74, 6) is -0.676. The van der Waals surface area contributed by atoms with E-state index in [9.17, 15) is 9.90 Å². The zero-order valence-corrected chi connectivity index (χ0v) is 12.2. The maximum Gasteiger partial charge on any atom is 0.137 e. The summed E-state index contributed by atoms with van der Waals surface area (Å²) in [5, 5.41) is 15.7. The average molecular weight is 314 g/mol. The van der Waals surface area contributed by atoms with Gasteiger partial charge in [-0.2, -0.15) is 5.10 Å². The quantitative estimate of drug-likeness (QED) is 0.860. The van der Waals surface area contributed by atoms with Gasteiger partial charge in [0.25, 0.3) is 0 Å². The van der Waals surface area contributed by atoms with Crippen molar-refractivity contribution in [2.45, 2.75) is 19.1 Å². The molecule has 0 fully saturated rings. The molecule has 0 spiro atoms. The molecule has 20 heavy (non-hydrogen) atoms. The molecular formula is C13H13Cl2N3O2. The summed E-state index contributed by atoms with van der Waals surface area (Å²) >= 11 is 12.0. The molecule has 2 aromatic rings. The fourth-order valence-corrected chi connectivity index (χ4v) is 2.56. The minimum Gasteiger partial charge on any atom is -0.382 e. The maximum atomic E-state index is 11.2. The molecule has 0 saturated carbocycles. The first-order valence-electron chi connectivity index (χ1n) is 5.93. The molecular weight excluding hydrogens is 301 g/mol. The molecule has 7 heteroatoms. The third-order valence-corrected chi connectivity index (χ3v) is 3.77. The molecule has 1 aromatic heterocycles. The van der Waals surface area contributed by atoms with Crippen molar-refractivity contribution in [3.8, 4) is 0 Å². The molecule has 5 nitrogen and oxygen atoms in total.